The molecule has 0 amide bonds. The molecule has 1 aromatic carbocycles. The lowest BCUT2D eigenvalue weighted by Gasteiger charge is -2.04. The minimum Gasteiger partial charge on any atom is -0.508 e. The van der Waals surface area contributed by atoms with Gasteiger partial charge in [0.25, 0.3) is 0 Å². The molecule has 0 radical (unpaired) electrons. The Morgan fingerprint density at radius 2 is 2.06 bits per heavy atom. The fourth-order valence-corrected chi connectivity index (χ4v) is 1.78. The van der Waals surface area contributed by atoms with Crippen LogP contribution in [0, 0.1) is 13.8 Å². The van der Waals surface area contributed by atoms with Gasteiger partial charge in [-0.25, -0.2) is 4.98 Å². The highest BCUT2D eigenvalue weighted by molar-refractivity contribution is 5.57. The summed E-state index contributed by atoms with van der Waals surface area (Å²) in [6, 6.07) is 5.48. The number of hydrogen-bond acceptors (Lipinski definition) is 3. The highest BCUT2D eigenvalue weighted by atomic mass is 16.4. The first-order chi connectivity index (χ1) is 8.11. The summed E-state index contributed by atoms with van der Waals surface area (Å²) in [6.45, 7) is 5.92. The molecule has 0 spiro atoms. The van der Waals surface area contributed by atoms with Gasteiger partial charge in [0.1, 0.15) is 11.5 Å². The highest BCUT2D eigenvalue weighted by Gasteiger charge is 2.10. The van der Waals surface area contributed by atoms with Gasteiger partial charge in [0, 0.05) is 5.56 Å². The van der Waals surface area contributed by atoms with Crippen LogP contribution in [0.4, 0.5) is 0 Å². The first-order valence-electron chi connectivity index (χ1n) is 5.88. The van der Waals surface area contributed by atoms with Gasteiger partial charge in [-0.15, -0.1) is 0 Å². The number of phenols is 1. The molecule has 0 aliphatic rings. The van der Waals surface area contributed by atoms with E-state index in [1.165, 1.54) is 0 Å². The summed E-state index contributed by atoms with van der Waals surface area (Å²) in [6.07, 6.45) is 1.86. The number of rotatable bonds is 3. The molecule has 0 aliphatic heterocycles. The van der Waals surface area contributed by atoms with Crippen molar-refractivity contribution in [3.05, 3.63) is 35.2 Å². The molecule has 17 heavy (non-hydrogen) atoms. The van der Waals surface area contributed by atoms with Crippen LogP contribution in [-0.2, 0) is 6.42 Å². The van der Waals surface area contributed by atoms with Gasteiger partial charge in [-0.2, -0.15) is 0 Å². The van der Waals surface area contributed by atoms with Gasteiger partial charge in [-0.05, 0) is 44.0 Å². The number of hydrogen-bond donors (Lipinski definition) is 1. The summed E-state index contributed by atoms with van der Waals surface area (Å²) in [5.41, 5.74) is 2.77. The van der Waals surface area contributed by atoms with E-state index in [4.69, 9.17) is 4.42 Å². The summed E-state index contributed by atoms with van der Waals surface area (Å²) in [5, 5.41) is 9.72. The Morgan fingerprint density at radius 1 is 1.29 bits per heavy atom. The summed E-state index contributed by atoms with van der Waals surface area (Å²) in [5.74, 6) is 1.80. The number of oxazole rings is 1. The van der Waals surface area contributed by atoms with E-state index in [0.29, 0.717) is 11.6 Å². The molecule has 90 valence electrons. The number of phenolic OH excluding ortho intramolecular Hbond substituents is 1. The zero-order valence-electron chi connectivity index (χ0n) is 10.4. The van der Waals surface area contributed by atoms with Crippen molar-refractivity contribution in [2.24, 2.45) is 0 Å². The third-order valence-electron chi connectivity index (χ3n) is 2.87. The van der Waals surface area contributed by atoms with Gasteiger partial charge in [-0.3, -0.25) is 0 Å². The Kier molecular flexibility index (Phi) is 3.18. The van der Waals surface area contributed by atoms with E-state index in [1.54, 1.807) is 6.07 Å². The van der Waals surface area contributed by atoms with Crippen LogP contribution in [0.15, 0.2) is 22.6 Å². The molecular formula is C14H17NO2. The van der Waals surface area contributed by atoms with Crippen molar-refractivity contribution in [3.8, 4) is 17.2 Å². The summed E-state index contributed by atoms with van der Waals surface area (Å²) < 4.78 is 5.58. The summed E-state index contributed by atoms with van der Waals surface area (Å²) in [4.78, 5) is 4.36. The van der Waals surface area contributed by atoms with Crippen LogP contribution in [0.5, 0.6) is 5.75 Å². The van der Waals surface area contributed by atoms with Crippen LogP contribution in [0.3, 0.4) is 0 Å². The number of aromatic nitrogens is 1. The monoisotopic (exact) mass is 231 g/mol. The van der Waals surface area contributed by atoms with Crippen LogP contribution < -0.4 is 0 Å². The van der Waals surface area contributed by atoms with Crippen LogP contribution in [-0.4, -0.2) is 10.1 Å². The van der Waals surface area contributed by atoms with Crippen molar-refractivity contribution in [2.45, 2.75) is 33.6 Å². The molecule has 0 saturated carbocycles. The van der Waals surface area contributed by atoms with E-state index in [0.717, 1.165) is 35.4 Å². The molecule has 1 aromatic heterocycles. The number of aryl methyl sites for hydroxylation is 3. The smallest absolute Gasteiger partial charge is 0.226 e. The van der Waals surface area contributed by atoms with Crippen molar-refractivity contribution in [1.82, 2.24) is 4.98 Å². The molecule has 2 rings (SSSR count). The van der Waals surface area contributed by atoms with Gasteiger partial charge >= 0.3 is 0 Å². The van der Waals surface area contributed by atoms with E-state index in [1.807, 2.05) is 26.0 Å². The average Bonchev–Trinajstić information content (AvgIpc) is 2.63. The van der Waals surface area contributed by atoms with Gasteiger partial charge < -0.3 is 9.52 Å². The topological polar surface area (TPSA) is 46.3 Å². The molecule has 0 fully saturated rings. The molecule has 0 atom stereocenters. The van der Waals surface area contributed by atoms with Crippen LogP contribution in [0.2, 0.25) is 0 Å². The minimum absolute atomic E-state index is 0.343. The summed E-state index contributed by atoms with van der Waals surface area (Å²) in [7, 11) is 0. The molecule has 1 N–H and O–H groups in total. The maximum absolute atomic E-state index is 9.72. The standard InChI is InChI=1S/C14H17NO2/c1-4-5-11-8-12(6-7-13(11)16)14-15-9(2)10(3)17-14/h6-8,16H,4-5H2,1-3H3. The molecule has 3 nitrogen and oxygen atoms in total. The molecule has 0 saturated heterocycles. The van der Waals surface area contributed by atoms with Crippen molar-refractivity contribution in [3.63, 3.8) is 0 Å². The van der Waals surface area contributed by atoms with Crippen LogP contribution in [0.25, 0.3) is 11.5 Å². The maximum atomic E-state index is 9.72. The zero-order chi connectivity index (χ0) is 12.4. The second-order valence-corrected chi connectivity index (χ2v) is 4.25. The Bertz CT molecular complexity index is 510. The predicted molar refractivity (Wildman–Crippen MR) is 67.1 cm³/mol. The summed E-state index contributed by atoms with van der Waals surface area (Å²) >= 11 is 0. The maximum Gasteiger partial charge on any atom is 0.226 e. The normalized spacial score (nSPS) is 10.8. The number of nitrogens with zero attached hydrogens (tertiary/aromatic N) is 1. The molecule has 3 heteroatoms. The Balaban J connectivity index is 2.42. The van der Waals surface area contributed by atoms with E-state index >= 15 is 0 Å². The second-order valence-electron chi connectivity index (χ2n) is 4.25. The average molecular weight is 231 g/mol. The van der Waals surface area contributed by atoms with E-state index in [2.05, 4.69) is 11.9 Å². The van der Waals surface area contributed by atoms with Crippen LogP contribution in [0.1, 0.15) is 30.4 Å². The highest BCUT2D eigenvalue weighted by Crippen LogP contribution is 2.27. The van der Waals surface area contributed by atoms with Gasteiger partial charge in [0.2, 0.25) is 5.89 Å². The van der Waals surface area contributed by atoms with Gasteiger partial charge in [0.15, 0.2) is 0 Å². The third kappa shape index (κ3) is 2.33. The zero-order valence-corrected chi connectivity index (χ0v) is 10.4. The fourth-order valence-electron chi connectivity index (χ4n) is 1.78. The first-order valence-corrected chi connectivity index (χ1v) is 5.88. The predicted octanol–water partition coefficient (Wildman–Crippen LogP) is 3.62. The molecule has 0 aliphatic carbocycles. The lowest BCUT2D eigenvalue weighted by Crippen LogP contribution is -1.86. The van der Waals surface area contributed by atoms with Gasteiger partial charge in [0.05, 0.1) is 5.69 Å². The Morgan fingerprint density at radius 3 is 2.65 bits per heavy atom. The lowest BCUT2D eigenvalue weighted by atomic mass is 10.1. The van der Waals surface area contributed by atoms with Crippen molar-refractivity contribution < 1.29 is 9.52 Å². The fraction of sp³-hybridized carbons (Fsp3) is 0.357. The minimum atomic E-state index is 0.343. The Labute approximate surface area is 101 Å². The number of benzene rings is 1. The SMILES string of the molecule is CCCc1cc(-c2nc(C)c(C)o2)ccc1O. The van der Waals surface area contributed by atoms with Crippen molar-refractivity contribution >= 4 is 0 Å². The molecule has 1 heterocycles. The van der Waals surface area contributed by atoms with Crippen molar-refractivity contribution in [1.29, 1.82) is 0 Å². The number of aromatic hydroxyl groups is 1. The Hall–Kier alpha value is -1.77. The van der Waals surface area contributed by atoms with E-state index in [9.17, 15) is 5.11 Å². The molecule has 2 aromatic rings. The largest absolute Gasteiger partial charge is 0.508 e. The third-order valence-corrected chi connectivity index (χ3v) is 2.87. The van der Waals surface area contributed by atoms with E-state index in [-0.39, 0.29) is 0 Å². The van der Waals surface area contributed by atoms with Crippen molar-refractivity contribution in [2.75, 3.05) is 0 Å². The molecule has 0 bridgehead atoms. The first kappa shape index (κ1) is 11.7. The molecule has 0 unspecified atom stereocenters. The van der Waals surface area contributed by atoms with Crippen LogP contribution >= 0.6 is 0 Å². The molecular weight excluding hydrogens is 214 g/mol. The second kappa shape index (κ2) is 4.62. The van der Waals surface area contributed by atoms with E-state index < -0.39 is 0 Å². The lowest BCUT2D eigenvalue weighted by molar-refractivity contribution is 0.467. The quantitative estimate of drug-likeness (QED) is 0.877. The van der Waals surface area contributed by atoms with Gasteiger partial charge in [-0.1, -0.05) is 13.3 Å².